The Bertz CT molecular complexity index is 778. The first-order chi connectivity index (χ1) is 13.5. The summed E-state index contributed by atoms with van der Waals surface area (Å²) in [6.45, 7) is 3.66. The Balaban J connectivity index is 1.33. The van der Waals surface area contributed by atoms with E-state index >= 15 is 0 Å². The molecule has 0 aromatic carbocycles. The molecule has 0 saturated carbocycles. The Kier molecular flexibility index (Phi) is 5.48. The van der Waals surface area contributed by atoms with Crippen LogP contribution in [0.15, 0.2) is 23.3 Å². The van der Waals surface area contributed by atoms with E-state index in [4.69, 9.17) is 4.74 Å². The zero-order valence-electron chi connectivity index (χ0n) is 16.2. The van der Waals surface area contributed by atoms with E-state index in [-0.39, 0.29) is 29.9 Å². The zero-order chi connectivity index (χ0) is 19.6. The SMILES string of the molecule is O=C(Cn1cccnc1=O)N1CCC2(CCC(=O)N(CC3CCCO3)C2)CC1. The van der Waals surface area contributed by atoms with E-state index in [1.807, 2.05) is 9.80 Å². The lowest BCUT2D eigenvalue weighted by atomic mass is 9.72. The molecule has 2 amide bonds. The summed E-state index contributed by atoms with van der Waals surface area (Å²) in [6.07, 6.45) is 8.60. The maximum Gasteiger partial charge on any atom is 0.347 e. The minimum absolute atomic E-state index is 0.0311. The standard InChI is InChI=1S/C20H28N4O4/c25-17-4-5-20(15-24(17)13-16-3-1-12-28-16)6-10-22(11-7-20)18(26)14-23-9-2-8-21-19(23)27/h2,8-9,16H,1,3-7,10-15H2. The first kappa shape index (κ1) is 19.1. The van der Waals surface area contributed by atoms with Crippen LogP contribution in [0, 0.1) is 5.41 Å². The van der Waals surface area contributed by atoms with Gasteiger partial charge in [-0.1, -0.05) is 0 Å². The van der Waals surface area contributed by atoms with E-state index in [1.165, 1.54) is 10.8 Å². The van der Waals surface area contributed by atoms with Gasteiger partial charge in [0.25, 0.3) is 0 Å². The molecule has 4 rings (SSSR count). The molecular formula is C20H28N4O4. The van der Waals surface area contributed by atoms with Gasteiger partial charge in [-0.25, -0.2) is 9.78 Å². The van der Waals surface area contributed by atoms with Gasteiger partial charge in [-0.05, 0) is 43.6 Å². The first-order valence-corrected chi connectivity index (χ1v) is 10.2. The number of ether oxygens (including phenoxy) is 1. The predicted molar refractivity (Wildman–Crippen MR) is 102 cm³/mol. The fourth-order valence-corrected chi connectivity index (χ4v) is 4.69. The maximum atomic E-state index is 12.6. The van der Waals surface area contributed by atoms with Crippen molar-refractivity contribution in [3.8, 4) is 0 Å². The summed E-state index contributed by atoms with van der Waals surface area (Å²) in [6, 6.07) is 1.65. The van der Waals surface area contributed by atoms with Crippen LogP contribution in [0.25, 0.3) is 0 Å². The highest BCUT2D eigenvalue weighted by Gasteiger charge is 2.42. The Morgan fingerprint density at radius 1 is 1.25 bits per heavy atom. The van der Waals surface area contributed by atoms with E-state index in [0.717, 1.165) is 45.3 Å². The topological polar surface area (TPSA) is 84.7 Å². The van der Waals surface area contributed by atoms with Crippen LogP contribution in [0.5, 0.6) is 0 Å². The van der Waals surface area contributed by atoms with Gasteiger partial charge in [-0.3, -0.25) is 14.2 Å². The van der Waals surface area contributed by atoms with Crippen LogP contribution in [0.2, 0.25) is 0 Å². The van der Waals surface area contributed by atoms with Crippen LogP contribution in [0.1, 0.15) is 38.5 Å². The molecule has 28 heavy (non-hydrogen) atoms. The van der Waals surface area contributed by atoms with Crippen LogP contribution in [-0.4, -0.2) is 70.1 Å². The zero-order valence-corrected chi connectivity index (χ0v) is 16.2. The van der Waals surface area contributed by atoms with Crippen molar-refractivity contribution in [2.45, 2.75) is 51.2 Å². The molecule has 8 heteroatoms. The normalized spacial score (nSPS) is 24.7. The first-order valence-electron chi connectivity index (χ1n) is 10.2. The molecule has 3 saturated heterocycles. The third-order valence-electron chi connectivity index (χ3n) is 6.46. The molecule has 1 aromatic heterocycles. The Labute approximate surface area is 164 Å². The lowest BCUT2D eigenvalue weighted by Gasteiger charge is -2.47. The summed E-state index contributed by atoms with van der Waals surface area (Å²) in [7, 11) is 0. The average Bonchev–Trinajstić information content (AvgIpc) is 3.20. The summed E-state index contributed by atoms with van der Waals surface area (Å²) in [5, 5.41) is 0. The molecular weight excluding hydrogens is 360 g/mol. The fourth-order valence-electron chi connectivity index (χ4n) is 4.69. The lowest BCUT2D eigenvalue weighted by molar-refractivity contribution is -0.144. The predicted octanol–water partition coefficient (Wildman–Crippen LogP) is 0.654. The van der Waals surface area contributed by atoms with Gasteiger partial charge in [0.15, 0.2) is 0 Å². The van der Waals surface area contributed by atoms with Gasteiger partial charge < -0.3 is 14.5 Å². The van der Waals surface area contributed by atoms with Gasteiger partial charge in [-0.15, -0.1) is 0 Å². The van der Waals surface area contributed by atoms with E-state index < -0.39 is 5.69 Å². The van der Waals surface area contributed by atoms with Gasteiger partial charge in [0.05, 0.1) is 6.10 Å². The largest absolute Gasteiger partial charge is 0.376 e. The summed E-state index contributed by atoms with van der Waals surface area (Å²) >= 11 is 0. The summed E-state index contributed by atoms with van der Waals surface area (Å²) in [4.78, 5) is 44.2. The van der Waals surface area contributed by atoms with Crippen molar-refractivity contribution in [2.75, 3.05) is 32.8 Å². The molecule has 3 fully saturated rings. The Hall–Kier alpha value is -2.22. The highest BCUT2D eigenvalue weighted by atomic mass is 16.5. The van der Waals surface area contributed by atoms with Crippen molar-refractivity contribution in [2.24, 2.45) is 5.41 Å². The van der Waals surface area contributed by atoms with Crippen molar-refractivity contribution in [1.29, 1.82) is 0 Å². The van der Waals surface area contributed by atoms with Crippen molar-refractivity contribution in [3.63, 3.8) is 0 Å². The van der Waals surface area contributed by atoms with Crippen molar-refractivity contribution in [1.82, 2.24) is 19.4 Å². The molecule has 1 spiro atoms. The van der Waals surface area contributed by atoms with Crippen molar-refractivity contribution < 1.29 is 14.3 Å². The van der Waals surface area contributed by atoms with E-state index in [9.17, 15) is 14.4 Å². The van der Waals surface area contributed by atoms with Crippen LogP contribution >= 0.6 is 0 Å². The smallest absolute Gasteiger partial charge is 0.347 e. The number of piperidine rings is 2. The molecule has 152 valence electrons. The van der Waals surface area contributed by atoms with E-state index in [2.05, 4.69) is 4.98 Å². The minimum Gasteiger partial charge on any atom is -0.376 e. The van der Waals surface area contributed by atoms with Gasteiger partial charge in [0, 0.05) is 51.6 Å². The molecule has 1 aromatic rings. The highest BCUT2D eigenvalue weighted by Crippen LogP contribution is 2.40. The molecule has 0 radical (unpaired) electrons. The molecule has 3 aliphatic rings. The third kappa shape index (κ3) is 4.11. The van der Waals surface area contributed by atoms with Crippen LogP contribution in [0.3, 0.4) is 0 Å². The number of carbonyl (C=O) groups is 2. The van der Waals surface area contributed by atoms with E-state index in [0.29, 0.717) is 26.1 Å². The number of amides is 2. The number of aromatic nitrogens is 2. The van der Waals surface area contributed by atoms with Gasteiger partial charge in [0.1, 0.15) is 6.54 Å². The number of rotatable bonds is 4. The summed E-state index contributed by atoms with van der Waals surface area (Å²) < 4.78 is 7.06. The summed E-state index contributed by atoms with van der Waals surface area (Å²) in [5.74, 6) is 0.184. The Morgan fingerprint density at radius 3 is 2.79 bits per heavy atom. The second kappa shape index (κ2) is 8.03. The second-order valence-electron chi connectivity index (χ2n) is 8.32. The molecule has 4 heterocycles. The molecule has 1 unspecified atom stereocenters. The Morgan fingerprint density at radius 2 is 2.07 bits per heavy atom. The van der Waals surface area contributed by atoms with Gasteiger partial charge >= 0.3 is 5.69 Å². The number of carbonyl (C=O) groups excluding carboxylic acids is 2. The molecule has 1 atom stereocenters. The third-order valence-corrected chi connectivity index (χ3v) is 6.46. The molecule has 3 aliphatic heterocycles. The van der Waals surface area contributed by atoms with Gasteiger partial charge in [-0.2, -0.15) is 0 Å². The van der Waals surface area contributed by atoms with Gasteiger partial charge in [0.2, 0.25) is 11.8 Å². The molecule has 0 N–H and O–H groups in total. The average molecular weight is 388 g/mol. The van der Waals surface area contributed by atoms with Crippen LogP contribution < -0.4 is 5.69 Å². The van der Waals surface area contributed by atoms with Crippen molar-refractivity contribution in [3.05, 3.63) is 28.9 Å². The van der Waals surface area contributed by atoms with Crippen molar-refractivity contribution >= 4 is 11.8 Å². The maximum absolute atomic E-state index is 12.6. The monoisotopic (exact) mass is 388 g/mol. The number of nitrogens with zero attached hydrogens (tertiary/aromatic N) is 4. The number of hydrogen-bond donors (Lipinski definition) is 0. The van der Waals surface area contributed by atoms with E-state index in [1.54, 1.807) is 12.3 Å². The number of likely N-dealkylation sites (tertiary alicyclic amines) is 2. The lowest BCUT2D eigenvalue weighted by Crippen LogP contribution is -2.54. The molecule has 8 nitrogen and oxygen atoms in total. The molecule has 0 bridgehead atoms. The number of hydrogen-bond acceptors (Lipinski definition) is 5. The fraction of sp³-hybridized carbons (Fsp3) is 0.700. The second-order valence-corrected chi connectivity index (χ2v) is 8.32. The summed E-state index contributed by atoms with van der Waals surface area (Å²) in [5.41, 5.74) is -0.297. The molecule has 0 aliphatic carbocycles. The quantitative estimate of drug-likeness (QED) is 0.756. The minimum atomic E-state index is -0.403. The highest BCUT2D eigenvalue weighted by molar-refractivity contribution is 5.77. The van der Waals surface area contributed by atoms with Crippen LogP contribution in [0.4, 0.5) is 0 Å². The van der Waals surface area contributed by atoms with Crippen LogP contribution in [-0.2, 0) is 20.9 Å².